The molecule has 1 aromatic carbocycles. The summed E-state index contributed by atoms with van der Waals surface area (Å²) in [4.78, 5) is 11.2. The van der Waals surface area contributed by atoms with Gasteiger partial charge >= 0.3 is 0 Å². The van der Waals surface area contributed by atoms with Gasteiger partial charge in [0.05, 0.1) is 5.69 Å². The van der Waals surface area contributed by atoms with Gasteiger partial charge in [0.25, 0.3) is 0 Å². The summed E-state index contributed by atoms with van der Waals surface area (Å²) in [5.74, 6) is -0.522. The quantitative estimate of drug-likeness (QED) is 0.829. The van der Waals surface area contributed by atoms with Gasteiger partial charge in [-0.3, -0.25) is 4.79 Å². The number of nitrogens with one attached hydrogen (secondary N) is 1. The van der Waals surface area contributed by atoms with Gasteiger partial charge in [0, 0.05) is 10.9 Å². The second kappa shape index (κ2) is 4.91. The van der Waals surface area contributed by atoms with Crippen LogP contribution in [0.1, 0.15) is 6.42 Å². The van der Waals surface area contributed by atoms with Gasteiger partial charge in [0.15, 0.2) is 0 Å². The van der Waals surface area contributed by atoms with E-state index < -0.39 is 0 Å². The molecular weight excluding hydrogens is 249 g/mol. The summed E-state index contributed by atoms with van der Waals surface area (Å²) in [6.07, 6.45) is 1.75. The average molecular weight is 258 g/mol. The molecule has 0 aliphatic rings. The Hall–Kier alpha value is -1.16. The molecule has 0 saturated carbocycles. The minimum Gasteiger partial charge on any atom is -0.325 e. The number of rotatable bonds is 3. The molecule has 14 heavy (non-hydrogen) atoms. The Morgan fingerprint density at radius 2 is 2.36 bits per heavy atom. The third kappa shape index (κ3) is 2.96. The molecule has 0 fully saturated rings. The number of amides is 1. The summed E-state index contributed by atoms with van der Waals surface area (Å²) >= 11 is 3.15. The lowest BCUT2D eigenvalue weighted by Gasteiger charge is -2.05. The Kier molecular flexibility index (Phi) is 3.83. The predicted molar refractivity (Wildman–Crippen MR) is 57.5 cm³/mol. The summed E-state index contributed by atoms with van der Waals surface area (Å²) in [6, 6.07) is 4.08. The van der Waals surface area contributed by atoms with E-state index in [9.17, 15) is 9.18 Å². The van der Waals surface area contributed by atoms with Crippen LogP contribution in [0.5, 0.6) is 0 Å². The van der Waals surface area contributed by atoms with E-state index in [0.29, 0.717) is 10.2 Å². The third-order valence-electron chi connectivity index (χ3n) is 1.53. The Morgan fingerprint density at radius 3 is 2.93 bits per heavy atom. The molecule has 0 saturated heterocycles. The average Bonchev–Trinajstić information content (AvgIpc) is 2.10. The van der Waals surface area contributed by atoms with Crippen LogP contribution in [-0.4, -0.2) is 5.91 Å². The first kappa shape index (κ1) is 10.9. The van der Waals surface area contributed by atoms with Crippen molar-refractivity contribution >= 4 is 27.5 Å². The predicted octanol–water partition coefficient (Wildman–Crippen LogP) is 3.10. The van der Waals surface area contributed by atoms with Crippen molar-refractivity contribution in [3.63, 3.8) is 0 Å². The molecule has 0 aromatic heterocycles. The van der Waals surface area contributed by atoms with Crippen LogP contribution in [0, 0.1) is 5.82 Å². The van der Waals surface area contributed by atoms with Crippen molar-refractivity contribution in [1.29, 1.82) is 0 Å². The molecule has 0 heterocycles. The summed E-state index contributed by atoms with van der Waals surface area (Å²) in [5, 5.41) is 2.61. The van der Waals surface area contributed by atoms with Crippen LogP contribution in [0.4, 0.5) is 10.1 Å². The lowest BCUT2D eigenvalue weighted by Crippen LogP contribution is -2.10. The first-order chi connectivity index (χ1) is 6.63. The molecule has 0 radical (unpaired) electrons. The highest BCUT2D eigenvalue weighted by Gasteiger charge is 2.04. The number of hydrogen-bond acceptors (Lipinski definition) is 1. The van der Waals surface area contributed by atoms with Crippen molar-refractivity contribution in [3.8, 4) is 0 Å². The highest BCUT2D eigenvalue weighted by atomic mass is 79.9. The minimum absolute atomic E-state index is 0.174. The molecule has 1 rings (SSSR count). The minimum atomic E-state index is -0.349. The van der Waals surface area contributed by atoms with Crippen molar-refractivity contribution in [2.45, 2.75) is 6.42 Å². The van der Waals surface area contributed by atoms with Crippen molar-refractivity contribution in [3.05, 3.63) is 41.1 Å². The van der Waals surface area contributed by atoms with Crippen LogP contribution in [0.3, 0.4) is 0 Å². The van der Waals surface area contributed by atoms with Gasteiger partial charge in [0.2, 0.25) is 5.91 Å². The fourth-order valence-corrected chi connectivity index (χ4v) is 1.37. The Morgan fingerprint density at radius 1 is 1.64 bits per heavy atom. The van der Waals surface area contributed by atoms with Crippen LogP contribution in [0.15, 0.2) is 35.3 Å². The first-order valence-electron chi connectivity index (χ1n) is 3.99. The maximum Gasteiger partial charge on any atom is 0.228 e. The maximum absolute atomic E-state index is 12.7. The Labute approximate surface area is 89.9 Å². The molecule has 1 N–H and O–H groups in total. The number of halogens is 2. The van der Waals surface area contributed by atoms with E-state index in [-0.39, 0.29) is 18.1 Å². The van der Waals surface area contributed by atoms with Gasteiger partial charge in [-0.1, -0.05) is 6.08 Å². The van der Waals surface area contributed by atoms with Gasteiger partial charge in [0.1, 0.15) is 5.82 Å². The number of benzene rings is 1. The van der Waals surface area contributed by atoms with E-state index in [1.807, 2.05) is 0 Å². The van der Waals surface area contributed by atoms with E-state index in [4.69, 9.17) is 0 Å². The van der Waals surface area contributed by atoms with E-state index in [0.717, 1.165) is 0 Å². The molecule has 0 spiro atoms. The van der Waals surface area contributed by atoms with E-state index in [1.165, 1.54) is 24.3 Å². The zero-order valence-corrected chi connectivity index (χ0v) is 8.97. The van der Waals surface area contributed by atoms with Crippen LogP contribution < -0.4 is 5.32 Å². The summed E-state index contributed by atoms with van der Waals surface area (Å²) < 4.78 is 13.2. The SMILES string of the molecule is C=CCC(=O)Nc1ccc(F)cc1Br. The summed E-state index contributed by atoms with van der Waals surface area (Å²) in [6.45, 7) is 3.45. The normalized spacial score (nSPS) is 9.57. The fourth-order valence-electron chi connectivity index (χ4n) is 0.923. The van der Waals surface area contributed by atoms with Crippen LogP contribution >= 0.6 is 15.9 Å². The number of anilines is 1. The van der Waals surface area contributed by atoms with Crippen molar-refractivity contribution in [2.75, 3.05) is 5.32 Å². The van der Waals surface area contributed by atoms with Crippen molar-refractivity contribution in [1.82, 2.24) is 0 Å². The number of hydrogen-bond donors (Lipinski definition) is 1. The summed E-state index contributed by atoms with van der Waals surface area (Å²) in [7, 11) is 0. The second-order valence-electron chi connectivity index (χ2n) is 2.67. The molecule has 0 atom stereocenters. The van der Waals surface area contributed by atoms with Crippen LogP contribution in [0.25, 0.3) is 0 Å². The lowest BCUT2D eigenvalue weighted by molar-refractivity contribution is -0.115. The van der Waals surface area contributed by atoms with Gasteiger partial charge in [-0.25, -0.2) is 4.39 Å². The molecule has 1 amide bonds. The molecule has 0 unspecified atom stereocenters. The highest BCUT2D eigenvalue weighted by molar-refractivity contribution is 9.10. The van der Waals surface area contributed by atoms with Gasteiger partial charge in [-0.2, -0.15) is 0 Å². The second-order valence-corrected chi connectivity index (χ2v) is 3.52. The molecule has 0 bridgehead atoms. The number of carbonyl (C=O) groups is 1. The van der Waals surface area contributed by atoms with Crippen molar-refractivity contribution in [2.24, 2.45) is 0 Å². The first-order valence-corrected chi connectivity index (χ1v) is 4.78. The highest BCUT2D eigenvalue weighted by Crippen LogP contribution is 2.22. The smallest absolute Gasteiger partial charge is 0.228 e. The van der Waals surface area contributed by atoms with Gasteiger partial charge < -0.3 is 5.32 Å². The van der Waals surface area contributed by atoms with Gasteiger partial charge in [-0.15, -0.1) is 6.58 Å². The standard InChI is InChI=1S/C10H9BrFNO/c1-2-3-10(14)13-9-5-4-7(12)6-8(9)11/h2,4-6H,1,3H2,(H,13,14). The van der Waals surface area contributed by atoms with Crippen LogP contribution in [0.2, 0.25) is 0 Å². The largest absolute Gasteiger partial charge is 0.325 e. The molecule has 74 valence electrons. The molecule has 1 aromatic rings. The fraction of sp³-hybridized carbons (Fsp3) is 0.100. The molecular formula is C10H9BrFNO. The Balaban J connectivity index is 2.76. The third-order valence-corrected chi connectivity index (χ3v) is 2.19. The number of carbonyl (C=O) groups excluding carboxylic acids is 1. The Bertz CT molecular complexity index is 365. The molecule has 0 aliphatic heterocycles. The van der Waals surface area contributed by atoms with Gasteiger partial charge in [-0.05, 0) is 34.1 Å². The lowest BCUT2D eigenvalue weighted by atomic mass is 10.3. The molecule has 0 aliphatic carbocycles. The molecule has 2 nitrogen and oxygen atoms in total. The van der Waals surface area contributed by atoms with Crippen molar-refractivity contribution < 1.29 is 9.18 Å². The zero-order chi connectivity index (χ0) is 10.6. The topological polar surface area (TPSA) is 29.1 Å². The van der Waals surface area contributed by atoms with Crippen LogP contribution in [-0.2, 0) is 4.79 Å². The van der Waals surface area contributed by atoms with E-state index >= 15 is 0 Å². The van der Waals surface area contributed by atoms with E-state index in [2.05, 4.69) is 27.8 Å². The maximum atomic E-state index is 12.7. The summed E-state index contributed by atoms with van der Waals surface area (Å²) in [5.41, 5.74) is 0.554. The zero-order valence-electron chi connectivity index (χ0n) is 7.39. The monoisotopic (exact) mass is 257 g/mol. The molecule has 4 heteroatoms. The van der Waals surface area contributed by atoms with E-state index in [1.54, 1.807) is 0 Å².